The lowest BCUT2D eigenvalue weighted by molar-refractivity contribution is 0.127. The van der Waals surface area contributed by atoms with E-state index in [1.807, 2.05) is 25.6 Å². The lowest BCUT2D eigenvalue weighted by Crippen LogP contribution is -2.40. The number of rotatable bonds is 7. The zero-order chi connectivity index (χ0) is 12.7. The number of hydrogen-bond acceptors (Lipinski definition) is 4. The molecule has 17 heavy (non-hydrogen) atoms. The van der Waals surface area contributed by atoms with Gasteiger partial charge in [0, 0.05) is 11.9 Å². The van der Waals surface area contributed by atoms with Gasteiger partial charge in [-0.05, 0) is 45.4 Å². The van der Waals surface area contributed by atoms with Gasteiger partial charge < -0.3 is 4.74 Å². The van der Waals surface area contributed by atoms with Crippen LogP contribution < -0.4 is 5.32 Å². The molecular weight excluding hydrogens is 232 g/mol. The number of nitrogens with zero attached hydrogens (tertiary/aromatic N) is 1. The van der Waals surface area contributed by atoms with E-state index in [0.29, 0.717) is 11.4 Å². The van der Waals surface area contributed by atoms with Crippen LogP contribution >= 0.6 is 11.8 Å². The Morgan fingerprint density at radius 2 is 2.35 bits per heavy atom. The molecule has 3 atom stereocenters. The summed E-state index contributed by atoms with van der Waals surface area (Å²) in [5.41, 5.74) is -0.354. The summed E-state index contributed by atoms with van der Waals surface area (Å²) in [6, 6.07) is 2.37. The maximum atomic E-state index is 9.13. The van der Waals surface area contributed by atoms with E-state index in [4.69, 9.17) is 10.00 Å². The first-order valence-electron chi connectivity index (χ1n) is 6.51. The molecule has 1 rings (SSSR count). The van der Waals surface area contributed by atoms with E-state index < -0.39 is 0 Å². The summed E-state index contributed by atoms with van der Waals surface area (Å²) < 4.78 is 5.54. The van der Waals surface area contributed by atoms with Crippen LogP contribution in [0.4, 0.5) is 0 Å². The smallest absolute Gasteiger partial charge is 0.103 e. The van der Waals surface area contributed by atoms with Crippen LogP contribution in [0, 0.1) is 11.3 Å². The number of ether oxygens (including phenoxy) is 1. The van der Waals surface area contributed by atoms with Gasteiger partial charge in [-0.2, -0.15) is 17.0 Å². The molecule has 3 nitrogen and oxygen atoms in total. The third-order valence-corrected chi connectivity index (χ3v) is 4.84. The van der Waals surface area contributed by atoms with Crippen molar-refractivity contribution in [2.75, 3.05) is 18.9 Å². The van der Waals surface area contributed by atoms with Crippen LogP contribution in [0.5, 0.6) is 0 Å². The molecule has 0 bridgehead atoms. The van der Waals surface area contributed by atoms with Crippen LogP contribution in [0.2, 0.25) is 0 Å². The van der Waals surface area contributed by atoms with Gasteiger partial charge in [-0.25, -0.2) is 0 Å². The standard InChI is InChI=1S/C13H24N2OS/c1-4-15-13(3,10-14)7-5-9-17-12-6-8-16-11(12)2/h11-12,15H,4-9H2,1-3H3. The second-order valence-corrected chi connectivity index (χ2v) is 6.20. The monoisotopic (exact) mass is 256 g/mol. The molecule has 1 saturated heterocycles. The van der Waals surface area contributed by atoms with Crippen LogP contribution in [0.3, 0.4) is 0 Å². The Bertz CT molecular complexity index is 267. The fourth-order valence-corrected chi connectivity index (χ4v) is 3.39. The number of nitriles is 1. The van der Waals surface area contributed by atoms with Crippen molar-refractivity contribution in [3.05, 3.63) is 0 Å². The van der Waals surface area contributed by atoms with Gasteiger partial charge in [0.25, 0.3) is 0 Å². The van der Waals surface area contributed by atoms with Gasteiger partial charge in [0.1, 0.15) is 5.54 Å². The van der Waals surface area contributed by atoms with Crippen molar-refractivity contribution in [2.45, 2.75) is 56.9 Å². The molecule has 0 amide bonds. The minimum Gasteiger partial charge on any atom is -0.377 e. The van der Waals surface area contributed by atoms with Gasteiger partial charge in [-0.15, -0.1) is 0 Å². The van der Waals surface area contributed by atoms with E-state index in [-0.39, 0.29) is 5.54 Å². The van der Waals surface area contributed by atoms with Crippen LogP contribution in [-0.4, -0.2) is 35.8 Å². The summed E-state index contributed by atoms with van der Waals surface area (Å²) in [5.74, 6) is 1.13. The summed E-state index contributed by atoms with van der Waals surface area (Å²) >= 11 is 2.00. The highest BCUT2D eigenvalue weighted by atomic mass is 32.2. The Hall–Kier alpha value is -0.240. The number of nitrogens with one attached hydrogen (secondary N) is 1. The minimum atomic E-state index is -0.354. The molecule has 0 aliphatic carbocycles. The van der Waals surface area contributed by atoms with Gasteiger partial charge in [-0.3, -0.25) is 5.32 Å². The third kappa shape index (κ3) is 4.87. The minimum absolute atomic E-state index is 0.354. The number of thioether (sulfide) groups is 1. The first-order chi connectivity index (χ1) is 8.11. The molecule has 0 saturated carbocycles. The topological polar surface area (TPSA) is 45.0 Å². The maximum Gasteiger partial charge on any atom is 0.103 e. The Kier molecular flexibility index (Phi) is 6.32. The zero-order valence-electron chi connectivity index (χ0n) is 11.2. The summed E-state index contributed by atoms with van der Waals surface area (Å²) in [7, 11) is 0. The second-order valence-electron chi connectivity index (χ2n) is 4.85. The molecule has 0 aromatic heterocycles. The molecule has 0 radical (unpaired) electrons. The number of hydrogen-bond donors (Lipinski definition) is 1. The van der Waals surface area contributed by atoms with Gasteiger partial charge >= 0.3 is 0 Å². The molecule has 1 aliphatic rings. The van der Waals surface area contributed by atoms with Gasteiger partial charge in [0.05, 0.1) is 12.2 Å². The largest absolute Gasteiger partial charge is 0.377 e. The van der Waals surface area contributed by atoms with Crippen LogP contribution in [0.1, 0.15) is 40.0 Å². The average Bonchev–Trinajstić information content (AvgIpc) is 2.71. The predicted octanol–water partition coefficient (Wildman–Crippen LogP) is 2.57. The first-order valence-corrected chi connectivity index (χ1v) is 7.55. The third-order valence-electron chi connectivity index (χ3n) is 3.27. The van der Waals surface area contributed by atoms with Gasteiger partial charge in [0.2, 0.25) is 0 Å². The van der Waals surface area contributed by atoms with E-state index in [0.717, 1.165) is 31.7 Å². The van der Waals surface area contributed by atoms with Crippen molar-refractivity contribution in [1.29, 1.82) is 5.26 Å². The molecule has 3 unspecified atom stereocenters. The van der Waals surface area contributed by atoms with E-state index in [2.05, 4.69) is 18.3 Å². The van der Waals surface area contributed by atoms with Crippen molar-refractivity contribution in [1.82, 2.24) is 5.32 Å². The van der Waals surface area contributed by atoms with E-state index in [9.17, 15) is 0 Å². The van der Waals surface area contributed by atoms with Crippen molar-refractivity contribution in [3.63, 3.8) is 0 Å². The van der Waals surface area contributed by atoms with Crippen LogP contribution in [-0.2, 0) is 4.74 Å². The first kappa shape index (κ1) is 14.8. The molecular formula is C13H24N2OS. The highest BCUT2D eigenvalue weighted by molar-refractivity contribution is 7.99. The average molecular weight is 256 g/mol. The molecule has 98 valence electrons. The Morgan fingerprint density at radius 3 is 2.88 bits per heavy atom. The highest BCUT2D eigenvalue weighted by Gasteiger charge is 2.25. The molecule has 4 heteroatoms. The van der Waals surface area contributed by atoms with E-state index in [1.165, 1.54) is 6.42 Å². The van der Waals surface area contributed by atoms with E-state index in [1.54, 1.807) is 0 Å². The van der Waals surface area contributed by atoms with E-state index >= 15 is 0 Å². The Labute approximate surface area is 109 Å². The van der Waals surface area contributed by atoms with Gasteiger partial charge in [0.15, 0.2) is 0 Å². The van der Waals surface area contributed by atoms with Crippen LogP contribution in [0.15, 0.2) is 0 Å². The lowest BCUT2D eigenvalue weighted by atomic mass is 9.98. The zero-order valence-corrected chi connectivity index (χ0v) is 12.0. The quantitative estimate of drug-likeness (QED) is 0.711. The van der Waals surface area contributed by atoms with Gasteiger partial charge in [-0.1, -0.05) is 6.92 Å². The fourth-order valence-electron chi connectivity index (χ4n) is 2.17. The van der Waals surface area contributed by atoms with Crippen molar-refractivity contribution in [3.8, 4) is 6.07 Å². The Balaban J connectivity index is 2.17. The second kappa shape index (κ2) is 7.25. The molecule has 0 aromatic carbocycles. The predicted molar refractivity (Wildman–Crippen MR) is 73.2 cm³/mol. The summed E-state index contributed by atoms with van der Waals surface area (Å²) in [5, 5.41) is 13.0. The molecule has 0 spiro atoms. The summed E-state index contributed by atoms with van der Waals surface area (Å²) in [6.07, 6.45) is 3.59. The molecule has 0 aromatic rings. The maximum absolute atomic E-state index is 9.13. The normalized spacial score (nSPS) is 27.6. The van der Waals surface area contributed by atoms with Crippen molar-refractivity contribution >= 4 is 11.8 Å². The summed E-state index contributed by atoms with van der Waals surface area (Å²) in [4.78, 5) is 0. The van der Waals surface area contributed by atoms with Crippen molar-refractivity contribution in [2.24, 2.45) is 0 Å². The Morgan fingerprint density at radius 1 is 1.59 bits per heavy atom. The molecule has 1 N–H and O–H groups in total. The van der Waals surface area contributed by atoms with Crippen LogP contribution in [0.25, 0.3) is 0 Å². The highest BCUT2D eigenvalue weighted by Crippen LogP contribution is 2.27. The lowest BCUT2D eigenvalue weighted by Gasteiger charge is -2.22. The molecule has 1 fully saturated rings. The van der Waals surface area contributed by atoms with Crippen molar-refractivity contribution < 1.29 is 4.74 Å². The SMILES string of the molecule is CCNC(C)(C#N)CCCSC1CCOC1C. The molecule has 1 heterocycles. The summed E-state index contributed by atoms with van der Waals surface area (Å²) in [6.45, 7) is 7.95. The fraction of sp³-hybridized carbons (Fsp3) is 0.923. The molecule has 1 aliphatic heterocycles.